The number of rotatable bonds is 0. The van der Waals surface area contributed by atoms with E-state index in [9.17, 15) is 0 Å². The zero-order valence-electron chi connectivity index (χ0n) is 5.85. The SMILES string of the molecule is [2H]N1CCC(C)CC1. The van der Waals surface area contributed by atoms with Crippen LogP contribution in [0.25, 0.3) is 0 Å². The Labute approximate surface area is 46.6 Å². The lowest BCUT2D eigenvalue weighted by atomic mass is 10.0. The Morgan fingerprint density at radius 1 is 1.57 bits per heavy atom. The van der Waals surface area contributed by atoms with Gasteiger partial charge in [0.05, 0.1) is 0 Å². The molecule has 1 rings (SSSR count). The van der Waals surface area contributed by atoms with Gasteiger partial charge in [0.2, 0.25) is 0 Å². The van der Waals surface area contributed by atoms with E-state index in [1.807, 2.05) is 0 Å². The molecule has 7 heavy (non-hydrogen) atoms. The molecule has 0 unspecified atom stereocenters. The van der Waals surface area contributed by atoms with Crippen molar-refractivity contribution in [1.82, 2.24) is 5.31 Å². The molecule has 0 aromatic heterocycles. The summed E-state index contributed by atoms with van der Waals surface area (Å²) >= 11 is 0. The molecule has 0 amide bonds. The molecule has 0 spiro atoms. The third-order valence-corrected chi connectivity index (χ3v) is 1.56. The van der Waals surface area contributed by atoms with Gasteiger partial charge in [0.25, 0.3) is 0 Å². The van der Waals surface area contributed by atoms with Crippen molar-refractivity contribution < 1.29 is 1.41 Å². The average molecular weight is 100 g/mol. The molecular formula is C6H13N. The summed E-state index contributed by atoms with van der Waals surface area (Å²) in [5.41, 5.74) is 0. The number of hydrogen-bond acceptors (Lipinski definition) is 1. The maximum Gasteiger partial charge on any atom is 0.122 e. The smallest absolute Gasteiger partial charge is 0.122 e. The van der Waals surface area contributed by atoms with Gasteiger partial charge in [-0.2, -0.15) is 0 Å². The molecule has 0 bridgehead atoms. The second-order valence-electron chi connectivity index (χ2n) is 2.35. The summed E-state index contributed by atoms with van der Waals surface area (Å²) in [6.07, 6.45) is 2.42. The molecule has 0 aromatic rings. The summed E-state index contributed by atoms with van der Waals surface area (Å²) in [6, 6.07) is 0. The molecule has 1 heterocycles. The molecule has 0 radical (unpaired) electrons. The quantitative estimate of drug-likeness (QED) is 0.479. The predicted octanol–water partition coefficient (Wildman–Crippen LogP) is 1.01. The highest BCUT2D eigenvalue weighted by Gasteiger charge is 2.04. The minimum Gasteiger partial charge on any atom is -0.317 e. The normalized spacial score (nSPS) is 30.1. The van der Waals surface area contributed by atoms with E-state index in [-0.39, 0.29) is 0 Å². The van der Waals surface area contributed by atoms with Gasteiger partial charge in [-0.05, 0) is 31.8 Å². The number of nitrogens with one attached hydrogen (secondary N) is 1. The molecule has 1 nitrogen and oxygen atoms in total. The monoisotopic (exact) mass is 100 g/mol. The van der Waals surface area contributed by atoms with Crippen LogP contribution in [-0.2, 0) is 0 Å². The van der Waals surface area contributed by atoms with Gasteiger partial charge in [-0.1, -0.05) is 6.92 Å². The van der Waals surface area contributed by atoms with Crippen molar-refractivity contribution in [3.8, 4) is 0 Å². The second kappa shape index (κ2) is 2.31. The lowest BCUT2D eigenvalue weighted by Crippen LogP contribution is -2.26. The third kappa shape index (κ3) is 1.48. The maximum atomic E-state index is 7.20. The highest BCUT2D eigenvalue weighted by Crippen LogP contribution is 2.08. The van der Waals surface area contributed by atoms with Crippen LogP contribution in [0.1, 0.15) is 19.8 Å². The summed E-state index contributed by atoms with van der Waals surface area (Å²) in [5, 5.41) is 1.65. The zero-order chi connectivity index (χ0) is 5.98. The predicted molar refractivity (Wildman–Crippen MR) is 31.3 cm³/mol. The third-order valence-electron chi connectivity index (χ3n) is 1.56. The summed E-state index contributed by atoms with van der Waals surface area (Å²) in [5.74, 6) is 0.858. The Balaban J connectivity index is 2.19. The molecule has 42 valence electrons. The van der Waals surface area contributed by atoms with E-state index in [0.29, 0.717) is 0 Å². The average Bonchev–Trinajstić information content (AvgIpc) is 1.77. The molecule has 0 aromatic carbocycles. The second-order valence-corrected chi connectivity index (χ2v) is 2.35. The van der Waals surface area contributed by atoms with Gasteiger partial charge in [0, 0.05) is 0 Å². The van der Waals surface area contributed by atoms with Gasteiger partial charge < -0.3 is 5.31 Å². The Hall–Kier alpha value is -0.0400. The van der Waals surface area contributed by atoms with E-state index in [1.54, 1.807) is 5.31 Å². The minimum atomic E-state index is 0.858. The van der Waals surface area contributed by atoms with E-state index < -0.39 is 0 Å². The fraction of sp³-hybridized carbons (Fsp3) is 1.00. The molecule has 0 saturated carbocycles. The van der Waals surface area contributed by atoms with Crippen LogP contribution < -0.4 is 5.31 Å². The van der Waals surface area contributed by atoms with Gasteiger partial charge >= 0.3 is 0 Å². The number of hydrogen-bond donors (Lipinski definition) is 1. The molecule has 0 atom stereocenters. The fourth-order valence-corrected chi connectivity index (χ4v) is 0.879. The van der Waals surface area contributed by atoms with Crippen molar-refractivity contribution in [3.05, 3.63) is 0 Å². The molecular weight excluding hydrogens is 86.1 g/mol. The lowest BCUT2D eigenvalue weighted by molar-refractivity contribution is 0.402. The van der Waals surface area contributed by atoms with Gasteiger partial charge in [0.1, 0.15) is 1.41 Å². The van der Waals surface area contributed by atoms with Crippen LogP contribution in [0.5, 0.6) is 0 Å². The van der Waals surface area contributed by atoms with E-state index in [4.69, 9.17) is 1.41 Å². The van der Waals surface area contributed by atoms with Crippen molar-refractivity contribution in [2.24, 2.45) is 5.92 Å². The lowest BCUT2D eigenvalue weighted by Gasteiger charge is -2.17. The Kier molecular flexibility index (Phi) is 1.29. The Morgan fingerprint density at radius 2 is 2.14 bits per heavy atom. The van der Waals surface area contributed by atoms with Crippen molar-refractivity contribution in [1.29, 1.82) is 0 Å². The van der Waals surface area contributed by atoms with Crippen molar-refractivity contribution in [2.45, 2.75) is 19.8 Å². The van der Waals surface area contributed by atoms with E-state index in [0.717, 1.165) is 19.0 Å². The molecule has 0 aliphatic carbocycles. The first-order chi connectivity index (χ1) is 3.79. The first-order valence-electron chi connectivity index (χ1n) is 3.47. The highest BCUT2D eigenvalue weighted by molar-refractivity contribution is 4.62. The van der Waals surface area contributed by atoms with Crippen LogP contribution in [0.2, 0.25) is 1.41 Å². The van der Waals surface area contributed by atoms with E-state index in [2.05, 4.69) is 6.92 Å². The molecule has 1 aliphatic rings. The minimum absolute atomic E-state index is 0.858. The van der Waals surface area contributed by atoms with Gasteiger partial charge in [-0.25, -0.2) is 0 Å². The topological polar surface area (TPSA) is 12.0 Å². The zero-order valence-corrected chi connectivity index (χ0v) is 4.85. The van der Waals surface area contributed by atoms with Crippen LogP contribution in [0.3, 0.4) is 0 Å². The summed E-state index contributed by atoms with van der Waals surface area (Å²) < 4.78 is 7.20. The van der Waals surface area contributed by atoms with Crippen molar-refractivity contribution >= 4 is 0 Å². The van der Waals surface area contributed by atoms with Gasteiger partial charge in [-0.15, -0.1) is 0 Å². The summed E-state index contributed by atoms with van der Waals surface area (Å²) in [7, 11) is 0. The molecule has 1 heteroatoms. The van der Waals surface area contributed by atoms with E-state index >= 15 is 0 Å². The van der Waals surface area contributed by atoms with Crippen LogP contribution in [0, 0.1) is 5.92 Å². The van der Waals surface area contributed by atoms with Gasteiger partial charge in [0.15, 0.2) is 0 Å². The van der Waals surface area contributed by atoms with Gasteiger partial charge in [-0.3, -0.25) is 0 Å². The van der Waals surface area contributed by atoms with Crippen LogP contribution in [0.4, 0.5) is 0 Å². The van der Waals surface area contributed by atoms with Crippen molar-refractivity contribution in [3.63, 3.8) is 0 Å². The standard InChI is InChI=1S/C6H13N/c1-6-2-4-7-5-3-6/h6-7H,2-5H2,1H3/i/hD. The van der Waals surface area contributed by atoms with Crippen molar-refractivity contribution in [2.75, 3.05) is 13.1 Å². The first kappa shape index (κ1) is 3.90. The largest absolute Gasteiger partial charge is 0.317 e. The van der Waals surface area contributed by atoms with E-state index in [1.165, 1.54) is 12.8 Å². The fourth-order valence-electron chi connectivity index (χ4n) is 0.879. The Morgan fingerprint density at radius 3 is 2.57 bits per heavy atom. The van der Waals surface area contributed by atoms with Crippen LogP contribution in [0.15, 0.2) is 0 Å². The molecule has 1 saturated heterocycles. The van der Waals surface area contributed by atoms with Crippen LogP contribution in [-0.4, -0.2) is 13.1 Å². The molecule has 1 N–H and O–H groups in total. The van der Waals surface area contributed by atoms with Crippen LogP contribution >= 0.6 is 0 Å². The molecule has 1 aliphatic heterocycles. The number of piperidine rings is 1. The summed E-state index contributed by atoms with van der Waals surface area (Å²) in [6.45, 7) is 4.20. The maximum absolute atomic E-state index is 7.20. The first-order valence-corrected chi connectivity index (χ1v) is 3.03. The molecule has 1 fully saturated rings. The highest BCUT2D eigenvalue weighted by atomic mass is 14.9. The summed E-state index contributed by atoms with van der Waals surface area (Å²) in [4.78, 5) is 0. The Bertz CT molecular complexity index is 56.9.